The van der Waals surface area contributed by atoms with Crippen LogP contribution in [-0.4, -0.2) is 28.1 Å². The maximum Gasteiger partial charge on any atom is 0.416 e. The first kappa shape index (κ1) is 31.9. The van der Waals surface area contributed by atoms with Crippen LogP contribution in [0.4, 0.5) is 23.7 Å². The van der Waals surface area contributed by atoms with Crippen molar-refractivity contribution in [1.29, 1.82) is 0 Å². The number of nitrogens with one attached hydrogen (secondary N) is 3. The van der Waals surface area contributed by atoms with E-state index in [0.29, 0.717) is 29.1 Å². The third-order valence-electron chi connectivity index (χ3n) is 6.50. The van der Waals surface area contributed by atoms with Gasteiger partial charge >= 0.3 is 12.3 Å². The zero-order valence-corrected chi connectivity index (χ0v) is 24.7. The minimum Gasteiger partial charge on any atom is -0.444 e. The molecule has 3 N–H and O–H groups in total. The summed E-state index contributed by atoms with van der Waals surface area (Å²) < 4.78 is 45.8. The Kier molecular flexibility index (Phi) is 9.46. The molecule has 0 radical (unpaired) electrons. The van der Waals surface area contributed by atoms with Crippen molar-refractivity contribution in [1.82, 2.24) is 15.2 Å². The summed E-state index contributed by atoms with van der Waals surface area (Å²) in [5, 5.41) is 8.32. The summed E-state index contributed by atoms with van der Waals surface area (Å²) in [7, 11) is 1.67. The van der Waals surface area contributed by atoms with Gasteiger partial charge in [-0.1, -0.05) is 54.6 Å². The van der Waals surface area contributed by atoms with Gasteiger partial charge in [0.15, 0.2) is 0 Å². The van der Waals surface area contributed by atoms with Gasteiger partial charge in [0.25, 0.3) is 11.8 Å². The average molecular weight is 607 g/mol. The van der Waals surface area contributed by atoms with E-state index >= 15 is 0 Å². The van der Waals surface area contributed by atoms with E-state index in [9.17, 15) is 27.6 Å². The summed E-state index contributed by atoms with van der Waals surface area (Å²) >= 11 is 0. The fourth-order valence-corrected chi connectivity index (χ4v) is 4.36. The molecule has 4 aromatic rings. The number of aromatic nitrogens is 1. The molecule has 0 atom stereocenters. The Morgan fingerprint density at radius 1 is 0.795 bits per heavy atom. The smallest absolute Gasteiger partial charge is 0.416 e. The first-order valence-electron chi connectivity index (χ1n) is 13.8. The summed E-state index contributed by atoms with van der Waals surface area (Å²) in [5.74, 6) is -0.826. The molecule has 11 heteroatoms. The van der Waals surface area contributed by atoms with Crippen LogP contribution in [0.2, 0.25) is 0 Å². The van der Waals surface area contributed by atoms with Crippen LogP contribution in [-0.2, 0) is 31.1 Å². The lowest BCUT2D eigenvalue weighted by atomic mass is 9.98. The van der Waals surface area contributed by atoms with E-state index in [1.807, 2.05) is 24.3 Å². The fourth-order valence-electron chi connectivity index (χ4n) is 4.36. The van der Waals surface area contributed by atoms with Gasteiger partial charge in [0.1, 0.15) is 11.3 Å². The molecular formula is C33H33F3N4O4. The van der Waals surface area contributed by atoms with Crippen LogP contribution >= 0.6 is 0 Å². The number of aryl methyl sites for hydroxylation is 1. The van der Waals surface area contributed by atoms with Gasteiger partial charge in [-0.25, -0.2) is 4.79 Å². The molecule has 44 heavy (non-hydrogen) atoms. The van der Waals surface area contributed by atoms with Crippen molar-refractivity contribution in [3.63, 3.8) is 0 Å². The Bertz CT molecular complexity index is 1640. The predicted octanol–water partition coefficient (Wildman–Crippen LogP) is 6.92. The van der Waals surface area contributed by atoms with Gasteiger partial charge in [-0.05, 0) is 67.3 Å². The van der Waals surface area contributed by atoms with E-state index in [2.05, 4.69) is 16.0 Å². The molecular weight excluding hydrogens is 573 g/mol. The highest BCUT2D eigenvalue weighted by molar-refractivity contribution is 6.09. The number of alkyl carbamates (subject to hydrolysis) is 1. The lowest BCUT2D eigenvalue weighted by molar-refractivity contribution is -0.137. The van der Waals surface area contributed by atoms with Crippen LogP contribution in [0.25, 0.3) is 11.1 Å². The number of benzene rings is 3. The van der Waals surface area contributed by atoms with Crippen molar-refractivity contribution in [3.05, 3.63) is 113 Å². The molecule has 0 bridgehead atoms. The second-order valence-corrected chi connectivity index (χ2v) is 11.2. The molecule has 3 aromatic carbocycles. The molecule has 0 unspecified atom stereocenters. The van der Waals surface area contributed by atoms with E-state index in [1.54, 1.807) is 68.9 Å². The van der Waals surface area contributed by atoms with Crippen LogP contribution in [0, 0.1) is 0 Å². The number of rotatable bonds is 8. The Morgan fingerprint density at radius 3 is 1.98 bits per heavy atom. The number of hydrogen-bond donors (Lipinski definition) is 3. The van der Waals surface area contributed by atoms with Crippen molar-refractivity contribution in [3.8, 4) is 11.1 Å². The van der Waals surface area contributed by atoms with Gasteiger partial charge in [0.05, 0.1) is 11.3 Å². The predicted molar refractivity (Wildman–Crippen MR) is 161 cm³/mol. The molecule has 4 rings (SSSR count). The first-order valence-corrected chi connectivity index (χ1v) is 13.8. The number of hydrogen-bond acceptors (Lipinski definition) is 4. The van der Waals surface area contributed by atoms with Gasteiger partial charge in [0.2, 0.25) is 0 Å². The molecule has 3 amide bonds. The fraction of sp³-hybridized carbons (Fsp3) is 0.242. The maximum absolute atomic E-state index is 13.2. The van der Waals surface area contributed by atoms with Crippen LogP contribution in [0.15, 0.2) is 85.1 Å². The molecule has 0 saturated heterocycles. The van der Waals surface area contributed by atoms with Crippen LogP contribution in [0.5, 0.6) is 0 Å². The summed E-state index contributed by atoms with van der Waals surface area (Å²) in [4.78, 5) is 37.9. The topological polar surface area (TPSA) is 101 Å². The van der Waals surface area contributed by atoms with E-state index in [0.717, 1.165) is 23.3 Å². The normalized spacial score (nSPS) is 11.5. The third-order valence-corrected chi connectivity index (χ3v) is 6.50. The molecule has 0 aliphatic carbocycles. The van der Waals surface area contributed by atoms with Gasteiger partial charge in [-0.15, -0.1) is 0 Å². The SMILES string of the molecule is Cn1cc(NC(=O)c2ccccc2-c2ccc(C(F)(F)F)cc2)cc1C(=O)NCc1ccc(CNC(=O)OC(C)(C)C)cc1. The highest BCUT2D eigenvalue weighted by Crippen LogP contribution is 2.32. The highest BCUT2D eigenvalue weighted by atomic mass is 19.4. The monoisotopic (exact) mass is 606 g/mol. The molecule has 1 heterocycles. The molecule has 0 aliphatic heterocycles. The molecule has 1 aromatic heterocycles. The van der Waals surface area contributed by atoms with E-state index in [4.69, 9.17) is 4.74 Å². The number of ether oxygens (including phenoxy) is 1. The summed E-state index contributed by atoms with van der Waals surface area (Å²) in [5.41, 5.74) is 2.26. The third kappa shape index (κ3) is 8.50. The average Bonchev–Trinajstić information content (AvgIpc) is 3.33. The molecule has 0 spiro atoms. The Morgan fingerprint density at radius 2 is 1.39 bits per heavy atom. The Labute approximate surface area is 253 Å². The minimum absolute atomic E-state index is 0.256. The number of alkyl halides is 3. The van der Waals surface area contributed by atoms with Gasteiger partial charge in [-0.2, -0.15) is 13.2 Å². The molecule has 0 fully saturated rings. The van der Waals surface area contributed by atoms with Crippen molar-refractivity contribution >= 4 is 23.6 Å². The van der Waals surface area contributed by atoms with E-state index in [1.165, 1.54) is 12.1 Å². The standard InChI is InChI=1S/C33H33F3N4O4/c1-32(2,3)44-31(43)38-19-22-11-9-21(10-12-22)18-37-30(42)28-17-25(20-40(28)4)39-29(41)27-8-6-5-7-26(27)23-13-15-24(16-14-23)33(34,35)36/h5-17,20H,18-19H2,1-4H3,(H,37,42)(H,38,43)(H,39,41). The molecule has 0 aliphatic rings. The molecule has 8 nitrogen and oxygen atoms in total. The van der Waals surface area contributed by atoms with E-state index in [-0.39, 0.29) is 18.0 Å². The lowest BCUT2D eigenvalue weighted by Gasteiger charge is -2.19. The number of anilines is 1. The summed E-state index contributed by atoms with van der Waals surface area (Å²) in [6, 6.07) is 20.1. The maximum atomic E-state index is 13.2. The van der Waals surface area contributed by atoms with Crippen molar-refractivity contribution in [2.45, 2.75) is 45.6 Å². The number of amides is 3. The second-order valence-electron chi connectivity index (χ2n) is 11.2. The minimum atomic E-state index is -4.46. The zero-order chi connectivity index (χ0) is 32.1. The first-order chi connectivity index (χ1) is 20.7. The molecule has 0 saturated carbocycles. The summed E-state index contributed by atoms with van der Waals surface area (Å²) in [6.07, 6.45) is -3.37. The second kappa shape index (κ2) is 13.1. The van der Waals surface area contributed by atoms with Crippen LogP contribution in [0.3, 0.4) is 0 Å². The highest BCUT2D eigenvalue weighted by Gasteiger charge is 2.30. The number of nitrogens with zero attached hydrogens (tertiary/aromatic N) is 1. The molecule has 230 valence electrons. The van der Waals surface area contributed by atoms with Crippen molar-refractivity contribution in [2.24, 2.45) is 7.05 Å². The van der Waals surface area contributed by atoms with Gasteiger partial charge in [0, 0.05) is 31.9 Å². The number of carbonyl (C=O) groups excluding carboxylic acids is 3. The van der Waals surface area contributed by atoms with E-state index < -0.39 is 29.3 Å². The summed E-state index contributed by atoms with van der Waals surface area (Å²) in [6.45, 7) is 5.92. The van der Waals surface area contributed by atoms with Gasteiger partial charge in [-0.3, -0.25) is 9.59 Å². The van der Waals surface area contributed by atoms with Crippen LogP contribution < -0.4 is 16.0 Å². The Balaban J connectivity index is 1.36. The zero-order valence-electron chi connectivity index (χ0n) is 24.7. The number of carbonyl (C=O) groups is 3. The van der Waals surface area contributed by atoms with Crippen molar-refractivity contribution in [2.75, 3.05) is 5.32 Å². The van der Waals surface area contributed by atoms with Crippen LogP contribution in [0.1, 0.15) is 58.3 Å². The lowest BCUT2D eigenvalue weighted by Crippen LogP contribution is -2.32. The van der Waals surface area contributed by atoms with Crippen molar-refractivity contribution < 1.29 is 32.3 Å². The largest absolute Gasteiger partial charge is 0.444 e. The number of halogens is 3. The Hall–Kier alpha value is -5.06. The van der Waals surface area contributed by atoms with Gasteiger partial charge < -0.3 is 25.3 Å². The quantitative estimate of drug-likeness (QED) is 0.203.